The maximum Gasteiger partial charge on any atom is 0.573 e. The third-order valence-corrected chi connectivity index (χ3v) is 2.39. The first-order valence-electron chi connectivity index (χ1n) is 4.09. The molecule has 0 unspecified atom stereocenters. The molecule has 12 heteroatoms. The van der Waals surface area contributed by atoms with Crippen molar-refractivity contribution in [3.63, 3.8) is 0 Å². The van der Waals surface area contributed by atoms with Gasteiger partial charge >= 0.3 is 18.4 Å². The van der Waals surface area contributed by atoms with Crippen LogP contribution in [-0.4, -0.2) is 16.3 Å². The minimum atomic E-state index is -5.38. The number of hydrogen-bond acceptors (Lipinski definition) is 4. The minimum absolute atomic E-state index is 0.441. The standard InChI is InChI=1S/C7HF6IN2O3/c8-6(9,10)5-4(19-7(11,12)13)2(14)1-3(15-5)16(17)18/h1H. The van der Waals surface area contributed by atoms with Crippen molar-refractivity contribution in [3.05, 3.63) is 25.4 Å². The molecule has 0 aliphatic rings. The fourth-order valence-electron chi connectivity index (χ4n) is 0.988. The molecule has 0 bridgehead atoms. The highest BCUT2D eigenvalue weighted by atomic mass is 127. The second-order valence-corrected chi connectivity index (χ2v) is 4.10. The highest BCUT2D eigenvalue weighted by Crippen LogP contribution is 2.41. The molecule has 1 aromatic rings. The smallest absolute Gasteiger partial charge is 0.400 e. The van der Waals surface area contributed by atoms with Crippen LogP contribution in [0.5, 0.6) is 5.75 Å². The van der Waals surface area contributed by atoms with Crippen molar-refractivity contribution in [1.29, 1.82) is 0 Å². The monoisotopic (exact) mass is 402 g/mol. The molecule has 0 fully saturated rings. The lowest BCUT2D eigenvalue weighted by Crippen LogP contribution is -2.22. The molecular weight excluding hydrogens is 401 g/mol. The molecular formula is C7HF6IN2O3. The van der Waals surface area contributed by atoms with Gasteiger partial charge in [-0.15, -0.1) is 13.2 Å². The van der Waals surface area contributed by atoms with Crippen LogP contribution in [0.15, 0.2) is 6.07 Å². The van der Waals surface area contributed by atoms with Gasteiger partial charge in [-0.25, -0.2) is 0 Å². The number of alkyl halides is 6. The summed E-state index contributed by atoms with van der Waals surface area (Å²) in [6.07, 6.45) is -10.7. The van der Waals surface area contributed by atoms with Crippen LogP contribution in [0.2, 0.25) is 0 Å². The van der Waals surface area contributed by atoms with E-state index in [9.17, 15) is 36.5 Å². The predicted molar refractivity (Wildman–Crippen MR) is 55.3 cm³/mol. The lowest BCUT2D eigenvalue weighted by Gasteiger charge is -2.13. The summed E-state index contributed by atoms with van der Waals surface area (Å²) in [4.78, 5) is 11.6. The Kier molecular flexibility index (Phi) is 4.11. The maximum atomic E-state index is 12.5. The average molecular weight is 402 g/mol. The number of ether oxygens (including phenoxy) is 1. The summed E-state index contributed by atoms with van der Waals surface area (Å²) < 4.78 is 76.0. The van der Waals surface area contributed by atoms with Gasteiger partial charge in [0.15, 0.2) is 5.75 Å². The first-order valence-corrected chi connectivity index (χ1v) is 5.17. The predicted octanol–water partition coefficient (Wildman–Crippen LogP) is 3.51. The van der Waals surface area contributed by atoms with Crippen LogP contribution >= 0.6 is 22.6 Å². The van der Waals surface area contributed by atoms with Crippen molar-refractivity contribution in [2.75, 3.05) is 0 Å². The molecule has 0 saturated heterocycles. The van der Waals surface area contributed by atoms with Gasteiger partial charge < -0.3 is 14.9 Å². The molecule has 0 amide bonds. The summed E-state index contributed by atoms with van der Waals surface area (Å²) >= 11 is 1.06. The van der Waals surface area contributed by atoms with Gasteiger partial charge in [-0.3, -0.25) is 0 Å². The highest BCUT2D eigenvalue weighted by Gasteiger charge is 2.46. The lowest BCUT2D eigenvalue weighted by atomic mass is 10.3. The number of hydrogen-bond donors (Lipinski definition) is 0. The number of nitrogens with zero attached hydrogens (tertiary/aromatic N) is 2. The van der Waals surface area contributed by atoms with Crippen molar-refractivity contribution in [1.82, 2.24) is 4.98 Å². The Balaban J connectivity index is 3.49. The van der Waals surface area contributed by atoms with E-state index in [4.69, 9.17) is 0 Å². The van der Waals surface area contributed by atoms with Crippen LogP contribution in [0.25, 0.3) is 0 Å². The Bertz CT molecular complexity index is 515. The van der Waals surface area contributed by atoms with E-state index in [0.29, 0.717) is 6.07 Å². The van der Waals surface area contributed by atoms with Crippen molar-refractivity contribution in [2.24, 2.45) is 0 Å². The van der Waals surface area contributed by atoms with E-state index in [2.05, 4.69) is 9.72 Å². The van der Waals surface area contributed by atoms with Crippen molar-refractivity contribution < 1.29 is 36.0 Å². The summed E-state index contributed by atoms with van der Waals surface area (Å²) in [5.74, 6) is -2.85. The molecule has 1 heterocycles. The van der Waals surface area contributed by atoms with E-state index in [-0.39, 0.29) is 0 Å². The molecule has 0 N–H and O–H groups in total. The Labute approximate surface area is 113 Å². The molecule has 0 aromatic carbocycles. The number of nitro groups is 1. The van der Waals surface area contributed by atoms with Crippen LogP contribution in [0.1, 0.15) is 5.69 Å². The average Bonchev–Trinajstić information content (AvgIpc) is 2.16. The third-order valence-electron chi connectivity index (χ3n) is 1.59. The molecule has 19 heavy (non-hydrogen) atoms. The summed E-state index contributed by atoms with van der Waals surface area (Å²) in [5.41, 5.74) is -2.11. The molecule has 0 radical (unpaired) electrons. The Morgan fingerprint density at radius 2 is 1.79 bits per heavy atom. The van der Waals surface area contributed by atoms with Gasteiger partial charge in [0.2, 0.25) is 0 Å². The fourth-order valence-corrected chi connectivity index (χ4v) is 1.63. The molecule has 1 aromatic heterocycles. The van der Waals surface area contributed by atoms with Gasteiger partial charge in [0.05, 0.1) is 9.64 Å². The van der Waals surface area contributed by atoms with Gasteiger partial charge in [0.25, 0.3) is 5.69 Å². The molecule has 106 valence electrons. The molecule has 0 aliphatic heterocycles. The van der Waals surface area contributed by atoms with Gasteiger partial charge in [0, 0.05) is 0 Å². The quantitative estimate of drug-likeness (QED) is 0.329. The van der Waals surface area contributed by atoms with Crippen molar-refractivity contribution in [2.45, 2.75) is 12.5 Å². The number of rotatable bonds is 2. The molecule has 5 nitrogen and oxygen atoms in total. The second-order valence-electron chi connectivity index (χ2n) is 2.94. The fraction of sp³-hybridized carbons (Fsp3) is 0.286. The largest absolute Gasteiger partial charge is 0.573 e. The van der Waals surface area contributed by atoms with E-state index < -0.39 is 38.3 Å². The molecule has 0 atom stereocenters. The van der Waals surface area contributed by atoms with E-state index >= 15 is 0 Å². The van der Waals surface area contributed by atoms with Crippen LogP contribution in [0.3, 0.4) is 0 Å². The normalized spacial score (nSPS) is 12.4. The van der Waals surface area contributed by atoms with Gasteiger partial charge in [-0.2, -0.15) is 13.2 Å². The van der Waals surface area contributed by atoms with Crippen LogP contribution in [0.4, 0.5) is 32.2 Å². The zero-order valence-corrected chi connectivity index (χ0v) is 10.5. The number of aromatic nitrogens is 1. The van der Waals surface area contributed by atoms with Gasteiger partial charge in [-0.1, -0.05) is 0 Å². The first kappa shape index (κ1) is 15.7. The van der Waals surface area contributed by atoms with Crippen molar-refractivity contribution >= 4 is 28.4 Å². The minimum Gasteiger partial charge on any atom is -0.400 e. The van der Waals surface area contributed by atoms with Crippen LogP contribution in [0, 0.1) is 13.7 Å². The van der Waals surface area contributed by atoms with E-state index in [1.165, 1.54) is 0 Å². The molecule has 1 rings (SSSR count). The zero-order chi connectivity index (χ0) is 15.0. The van der Waals surface area contributed by atoms with E-state index in [0.717, 1.165) is 22.6 Å². The molecule has 0 spiro atoms. The summed E-state index contributed by atoms with van der Waals surface area (Å²) in [5, 5.41) is 10.3. The summed E-state index contributed by atoms with van der Waals surface area (Å²) in [6, 6.07) is 0.441. The SMILES string of the molecule is O=[N+]([O-])c1cc(I)c(OC(F)(F)F)c(C(F)(F)F)n1. The number of halogens is 7. The maximum absolute atomic E-state index is 12.5. The van der Waals surface area contributed by atoms with Crippen molar-refractivity contribution in [3.8, 4) is 5.75 Å². The summed E-state index contributed by atoms with van der Waals surface area (Å²) in [7, 11) is 0. The van der Waals surface area contributed by atoms with E-state index in [1.54, 1.807) is 0 Å². The zero-order valence-electron chi connectivity index (χ0n) is 8.34. The van der Waals surface area contributed by atoms with Gasteiger partial charge in [-0.05, 0) is 32.5 Å². The molecule has 0 saturated carbocycles. The lowest BCUT2D eigenvalue weighted by molar-refractivity contribution is -0.390. The van der Waals surface area contributed by atoms with Gasteiger partial charge in [0.1, 0.15) is 0 Å². The highest BCUT2D eigenvalue weighted by molar-refractivity contribution is 14.1. The third kappa shape index (κ3) is 4.07. The Morgan fingerprint density at radius 3 is 2.16 bits per heavy atom. The van der Waals surface area contributed by atoms with Crippen LogP contribution in [-0.2, 0) is 6.18 Å². The molecule has 0 aliphatic carbocycles. The Morgan fingerprint density at radius 1 is 1.26 bits per heavy atom. The summed E-state index contributed by atoms with van der Waals surface area (Å²) in [6.45, 7) is 0. The topological polar surface area (TPSA) is 65.3 Å². The first-order chi connectivity index (χ1) is 8.42. The van der Waals surface area contributed by atoms with Crippen LogP contribution < -0.4 is 4.74 Å². The second kappa shape index (κ2) is 4.97. The number of pyridine rings is 1. The van der Waals surface area contributed by atoms with E-state index in [1.807, 2.05) is 0 Å². The Hall–Kier alpha value is -1.34.